The largest absolute Gasteiger partial charge is 0.505 e. The van der Waals surface area contributed by atoms with Crippen LogP contribution in [0.2, 0.25) is 0 Å². The maximum atomic E-state index is 13.5. The number of hydrogen-bond donors (Lipinski definition) is 2. The second kappa shape index (κ2) is 6.00. The molecular formula is C20H13FN2O3. The molecule has 128 valence electrons. The van der Waals surface area contributed by atoms with Crippen molar-refractivity contribution in [2.75, 3.05) is 0 Å². The summed E-state index contributed by atoms with van der Waals surface area (Å²) in [6.45, 7) is 0. The number of halogens is 1. The third-order valence-electron chi connectivity index (χ3n) is 4.19. The average Bonchev–Trinajstić information content (AvgIpc) is 3.05. The first-order valence-corrected chi connectivity index (χ1v) is 7.83. The van der Waals surface area contributed by atoms with Gasteiger partial charge in [-0.2, -0.15) is 5.10 Å². The van der Waals surface area contributed by atoms with Gasteiger partial charge in [0.25, 0.3) is 0 Å². The summed E-state index contributed by atoms with van der Waals surface area (Å²) in [5, 5.41) is 23.5. The number of carboxylic acid groups (broad SMARTS) is 1. The third-order valence-corrected chi connectivity index (χ3v) is 4.19. The van der Waals surface area contributed by atoms with E-state index in [0.29, 0.717) is 10.9 Å². The van der Waals surface area contributed by atoms with E-state index in [9.17, 15) is 14.3 Å². The number of carboxylic acids is 1. The van der Waals surface area contributed by atoms with Crippen LogP contribution in [0.1, 0.15) is 10.4 Å². The molecule has 2 N–H and O–H groups in total. The zero-order valence-corrected chi connectivity index (χ0v) is 13.4. The number of phenols is 1. The Kier molecular flexibility index (Phi) is 3.65. The molecule has 0 aliphatic carbocycles. The summed E-state index contributed by atoms with van der Waals surface area (Å²) in [4.78, 5) is 11.1. The molecule has 0 saturated heterocycles. The van der Waals surface area contributed by atoms with E-state index in [1.165, 1.54) is 18.3 Å². The van der Waals surface area contributed by atoms with Gasteiger partial charge in [0.1, 0.15) is 0 Å². The third kappa shape index (κ3) is 2.67. The highest BCUT2D eigenvalue weighted by atomic mass is 19.1. The smallest absolute Gasteiger partial charge is 0.335 e. The van der Waals surface area contributed by atoms with E-state index in [-0.39, 0.29) is 5.56 Å². The molecule has 1 heterocycles. The summed E-state index contributed by atoms with van der Waals surface area (Å²) in [5.41, 5.74) is 3.21. The van der Waals surface area contributed by atoms with Crippen molar-refractivity contribution in [3.63, 3.8) is 0 Å². The Bertz CT molecular complexity index is 1130. The number of benzene rings is 3. The average molecular weight is 348 g/mol. The van der Waals surface area contributed by atoms with Crippen LogP contribution in [0.3, 0.4) is 0 Å². The molecular weight excluding hydrogens is 335 g/mol. The van der Waals surface area contributed by atoms with Gasteiger partial charge in [0.15, 0.2) is 11.6 Å². The van der Waals surface area contributed by atoms with Gasteiger partial charge in [-0.3, -0.25) is 0 Å². The van der Waals surface area contributed by atoms with E-state index >= 15 is 0 Å². The molecule has 0 spiro atoms. The first-order chi connectivity index (χ1) is 12.5. The summed E-state index contributed by atoms with van der Waals surface area (Å²) in [6, 6.07) is 16.6. The van der Waals surface area contributed by atoms with Gasteiger partial charge in [-0.25, -0.2) is 13.9 Å². The molecule has 3 aromatic carbocycles. The van der Waals surface area contributed by atoms with Gasteiger partial charge in [-0.05, 0) is 41.5 Å². The number of rotatable bonds is 3. The molecule has 26 heavy (non-hydrogen) atoms. The predicted octanol–water partition coefficient (Wildman–Crippen LogP) is 4.24. The fourth-order valence-electron chi connectivity index (χ4n) is 2.87. The lowest BCUT2D eigenvalue weighted by Gasteiger charge is -2.07. The Labute approximate surface area is 147 Å². The van der Waals surface area contributed by atoms with Gasteiger partial charge < -0.3 is 10.2 Å². The SMILES string of the molecule is O=C(O)c1cccc(-c2ccc(-n3ncc4cc(F)c(O)cc43)cc2)c1. The van der Waals surface area contributed by atoms with E-state index < -0.39 is 17.5 Å². The first-order valence-electron chi connectivity index (χ1n) is 7.83. The molecule has 0 atom stereocenters. The van der Waals surface area contributed by atoms with Crippen molar-refractivity contribution in [3.8, 4) is 22.6 Å². The minimum absolute atomic E-state index is 0.224. The van der Waals surface area contributed by atoms with Crippen LogP contribution in [0.25, 0.3) is 27.7 Å². The fraction of sp³-hybridized carbons (Fsp3) is 0. The highest BCUT2D eigenvalue weighted by Gasteiger charge is 2.10. The molecule has 0 radical (unpaired) electrons. The van der Waals surface area contributed by atoms with Crippen LogP contribution in [0.15, 0.2) is 66.9 Å². The zero-order chi connectivity index (χ0) is 18.3. The molecule has 0 aliphatic rings. The van der Waals surface area contributed by atoms with Crippen LogP contribution >= 0.6 is 0 Å². The minimum Gasteiger partial charge on any atom is -0.505 e. The van der Waals surface area contributed by atoms with E-state index in [2.05, 4.69) is 5.10 Å². The van der Waals surface area contributed by atoms with E-state index in [1.807, 2.05) is 30.3 Å². The molecule has 4 aromatic rings. The van der Waals surface area contributed by atoms with Crippen LogP contribution < -0.4 is 0 Å². The lowest BCUT2D eigenvalue weighted by molar-refractivity contribution is 0.0697. The number of nitrogens with zero attached hydrogens (tertiary/aromatic N) is 2. The normalized spacial score (nSPS) is 11.0. The summed E-state index contributed by atoms with van der Waals surface area (Å²) in [7, 11) is 0. The number of hydrogen-bond acceptors (Lipinski definition) is 3. The Morgan fingerprint density at radius 1 is 1.00 bits per heavy atom. The van der Waals surface area contributed by atoms with Crippen LogP contribution in [0.4, 0.5) is 4.39 Å². The maximum absolute atomic E-state index is 13.5. The maximum Gasteiger partial charge on any atom is 0.335 e. The number of aromatic nitrogens is 2. The van der Waals surface area contributed by atoms with E-state index in [1.54, 1.807) is 22.9 Å². The second-order valence-electron chi connectivity index (χ2n) is 5.85. The van der Waals surface area contributed by atoms with Crippen LogP contribution in [0.5, 0.6) is 5.75 Å². The minimum atomic E-state index is -0.974. The highest BCUT2D eigenvalue weighted by molar-refractivity contribution is 5.89. The Morgan fingerprint density at radius 3 is 2.50 bits per heavy atom. The molecule has 6 heteroatoms. The quantitative estimate of drug-likeness (QED) is 0.581. The van der Waals surface area contributed by atoms with Crippen molar-refractivity contribution in [2.45, 2.75) is 0 Å². The van der Waals surface area contributed by atoms with Gasteiger partial charge in [0, 0.05) is 11.5 Å². The number of aromatic carboxylic acids is 1. The summed E-state index contributed by atoms with van der Waals surface area (Å²) < 4.78 is 15.1. The Morgan fingerprint density at radius 2 is 1.77 bits per heavy atom. The van der Waals surface area contributed by atoms with Crippen molar-refractivity contribution < 1.29 is 19.4 Å². The number of aromatic hydroxyl groups is 1. The van der Waals surface area contributed by atoms with Crippen LogP contribution in [-0.2, 0) is 0 Å². The Balaban J connectivity index is 1.74. The Hall–Kier alpha value is -3.67. The number of carbonyl (C=O) groups is 1. The lowest BCUT2D eigenvalue weighted by atomic mass is 10.0. The molecule has 1 aromatic heterocycles. The monoisotopic (exact) mass is 348 g/mol. The molecule has 5 nitrogen and oxygen atoms in total. The van der Waals surface area contributed by atoms with Crippen LogP contribution in [0, 0.1) is 5.82 Å². The summed E-state index contributed by atoms with van der Waals surface area (Å²) in [6.07, 6.45) is 1.53. The molecule has 0 saturated carbocycles. The van der Waals surface area contributed by atoms with Crippen molar-refractivity contribution in [1.82, 2.24) is 9.78 Å². The van der Waals surface area contributed by atoms with Gasteiger partial charge >= 0.3 is 5.97 Å². The molecule has 0 fully saturated rings. The first kappa shape index (κ1) is 15.8. The molecule has 0 amide bonds. The topological polar surface area (TPSA) is 75.3 Å². The van der Waals surface area contributed by atoms with Gasteiger partial charge in [0.05, 0.1) is 23.0 Å². The molecule has 4 rings (SSSR count). The van der Waals surface area contributed by atoms with Crippen molar-refractivity contribution in [2.24, 2.45) is 0 Å². The van der Waals surface area contributed by atoms with Gasteiger partial charge in [-0.1, -0.05) is 24.3 Å². The lowest BCUT2D eigenvalue weighted by Crippen LogP contribution is -1.97. The molecule has 0 bridgehead atoms. The number of phenolic OH excluding ortho intramolecular Hbond substituents is 1. The molecule has 0 unspecified atom stereocenters. The van der Waals surface area contributed by atoms with Crippen molar-refractivity contribution >= 4 is 16.9 Å². The number of fused-ring (bicyclic) bond motifs is 1. The summed E-state index contributed by atoms with van der Waals surface area (Å²) >= 11 is 0. The fourth-order valence-corrected chi connectivity index (χ4v) is 2.87. The second-order valence-corrected chi connectivity index (χ2v) is 5.85. The zero-order valence-electron chi connectivity index (χ0n) is 13.4. The van der Waals surface area contributed by atoms with Crippen molar-refractivity contribution in [1.29, 1.82) is 0 Å². The van der Waals surface area contributed by atoms with E-state index in [0.717, 1.165) is 16.8 Å². The van der Waals surface area contributed by atoms with Gasteiger partial charge in [-0.15, -0.1) is 0 Å². The predicted molar refractivity (Wildman–Crippen MR) is 95.1 cm³/mol. The summed E-state index contributed by atoms with van der Waals surface area (Å²) in [5.74, 6) is -2.09. The highest BCUT2D eigenvalue weighted by Crippen LogP contribution is 2.27. The molecule has 0 aliphatic heterocycles. The van der Waals surface area contributed by atoms with Crippen molar-refractivity contribution in [3.05, 3.63) is 78.2 Å². The van der Waals surface area contributed by atoms with Crippen LogP contribution in [-0.4, -0.2) is 26.0 Å². The standard InChI is InChI=1S/C20H13FN2O3/c21-17-9-15-11-22-23(18(15)10-19(17)24)16-6-4-12(5-7-16)13-2-1-3-14(8-13)20(25)26/h1-11,24H,(H,25,26). The van der Waals surface area contributed by atoms with E-state index in [4.69, 9.17) is 5.11 Å². The van der Waals surface area contributed by atoms with Gasteiger partial charge in [0.2, 0.25) is 0 Å².